The third-order valence-electron chi connectivity index (χ3n) is 2.48. The lowest BCUT2D eigenvalue weighted by molar-refractivity contribution is 0.0920. The second kappa shape index (κ2) is 6.61. The zero-order valence-corrected chi connectivity index (χ0v) is 11.5. The van der Waals surface area contributed by atoms with Gasteiger partial charge in [-0.3, -0.25) is 4.79 Å². The molecule has 2 unspecified atom stereocenters. The number of carbonyl (C=O) groups excluding carboxylic acids is 1. The molecule has 0 spiro atoms. The van der Waals surface area contributed by atoms with Crippen molar-refractivity contribution >= 4 is 17.5 Å². The summed E-state index contributed by atoms with van der Waals surface area (Å²) in [6.45, 7) is 3.53. The molecule has 2 N–H and O–H groups in total. The fraction of sp³-hybridized carbons (Fsp3) is 0.462. The van der Waals surface area contributed by atoms with E-state index in [2.05, 4.69) is 5.32 Å². The lowest BCUT2D eigenvalue weighted by Gasteiger charge is -2.16. The standard InChI is InChI=1S/C13H18ClNO3/c1-8(6-9(2)16)15-13(17)11-5-4-10(14)7-12(11)18-3/h4-5,7-9,16H,6H2,1-3H3,(H,15,17). The van der Waals surface area contributed by atoms with E-state index in [1.54, 1.807) is 25.1 Å². The number of carbonyl (C=O) groups is 1. The summed E-state index contributed by atoms with van der Waals surface area (Å²) in [6.07, 6.45) is 0.0502. The SMILES string of the molecule is COc1cc(Cl)ccc1C(=O)NC(C)CC(C)O. The molecular formula is C13H18ClNO3. The highest BCUT2D eigenvalue weighted by Gasteiger charge is 2.15. The zero-order valence-electron chi connectivity index (χ0n) is 10.7. The van der Waals surface area contributed by atoms with Crippen LogP contribution in [0.3, 0.4) is 0 Å². The molecule has 0 aliphatic carbocycles. The largest absolute Gasteiger partial charge is 0.496 e. The Morgan fingerprint density at radius 3 is 2.72 bits per heavy atom. The van der Waals surface area contributed by atoms with Crippen molar-refractivity contribution in [2.75, 3.05) is 7.11 Å². The topological polar surface area (TPSA) is 58.6 Å². The predicted octanol–water partition coefficient (Wildman–Crippen LogP) is 2.24. The Morgan fingerprint density at radius 2 is 2.17 bits per heavy atom. The van der Waals surface area contributed by atoms with Gasteiger partial charge in [-0.2, -0.15) is 0 Å². The summed E-state index contributed by atoms with van der Waals surface area (Å²) in [5.41, 5.74) is 0.430. The van der Waals surface area contributed by atoms with Crippen LogP contribution in [-0.4, -0.2) is 30.3 Å². The van der Waals surface area contributed by atoms with Crippen molar-refractivity contribution in [1.82, 2.24) is 5.32 Å². The van der Waals surface area contributed by atoms with Gasteiger partial charge in [-0.05, 0) is 38.5 Å². The smallest absolute Gasteiger partial charge is 0.255 e. The molecule has 1 rings (SSSR count). The second-order valence-electron chi connectivity index (χ2n) is 4.30. The van der Waals surface area contributed by atoms with Gasteiger partial charge in [-0.25, -0.2) is 0 Å². The van der Waals surface area contributed by atoms with Crippen LogP contribution in [0.2, 0.25) is 5.02 Å². The number of benzene rings is 1. The highest BCUT2D eigenvalue weighted by Crippen LogP contribution is 2.23. The summed E-state index contributed by atoms with van der Waals surface area (Å²) < 4.78 is 5.12. The number of amides is 1. The molecular weight excluding hydrogens is 254 g/mol. The number of methoxy groups -OCH3 is 1. The first-order valence-corrected chi connectivity index (χ1v) is 6.14. The number of hydrogen-bond donors (Lipinski definition) is 2. The molecule has 0 heterocycles. The molecule has 1 aromatic rings. The number of hydrogen-bond acceptors (Lipinski definition) is 3. The molecule has 4 nitrogen and oxygen atoms in total. The molecule has 1 aromatic carbocycles. The van der Waals surface area contributed by atoms with Crippen LogP contribution in [0.25, 0.3) is 0 Å². The summed E-state index contributed by atoms with van der Waals surface area (Å²) in [5.74, 6) is 0.195. The fourth-order valence-electron chi connectivity index (χ4n) is 1.72. The average Bonchev–Trinajstić information content (AvgIpc) is 2.27. The Labute approximate surface area is 112 Å². The zero-order chi connectivity index (χ0) is 13.7. The summed E-state index contributed by atoms with van der Waals surface area (Å²) in [5, 5.41) is 12.6. The van der Waals surface area contributed by atoms with Gasteiger partial charge in [0.2, 0.25) is 0 Å². The third-order valence-corrected chi connectivity index (χ3v) is 2.72. The number of nitrogens with one attached hydrogen (secondary N) is 1. The minimum absolute atomic E-state index is 0.113. The molecule has 100 valence electrons. The predicted molar refractivity (Wildman–Crippen MR) is 71.2 cm³/mol. The lowest BCUT2D eigenvalue weighted by atomic mass is 10.1. The maximum Gasteiger partial charge on any atom is 0.255 e. The summed E-state index contributed by atoms with van der Waals surface area (Å²) in [6, 6.07) is 4.73. The van der Waals surface area contributed by atoms with Crippen molar-refractivity contribution in [3.8, 4) is 5.75 Å². The summed E-state index contributed by atoms with van der Waals surface area (Å²) in [7, 11) is 1.49. The van der Waals surface area contributed by atoms with Gasteiger partial charge in [0.25, 0.3) is 5.91 Å². The Hall–Kier alpha value is -1.26. The van der Waals surface area contributed by atoms with Crippen LogP contribution in [-0.2, 0) is 0 Å². The number of ether oxygens (including phenoxy) is 1. The van der Waals surface area contributed by atoms with Crippen LogP contribution in [0.1, 0.15) is 30.6 Å². The number of rotatable bonds is 5. The average molecular weight is 272 g/mol. The molecule has 0 saturated heterocycles. The first kappa shape index (κ1) is 14.8. The Kier molecular flexibility index (Phi) is 5.44. The van der Waals surface area contributed by atoms with Gasteiger partial charge in [-0.1, -0.05) is 11.6 Å². The van der Waals surface area contributed by atoms with Crippen molar-refractivity contribution in [2.24, 2.45) is 0 Å². The van der Waals surface area contributed by atoms with E-state index in [9.17, 15) is 9.90 Å². The van der Waals surface area contributed by atoms with Gasteiger partial charge >= 0.3 is 0 Å². The van der Waals surface area contributed by atoms with Crippen LogP contribution in [0.4, 0.5) is 0 Å². The highest BCUT2D eigenvalue weighted by atomic mass is 35.5. The van der Waals surface area contributed by atoms with Crippen molar-refractivity contribution in [3.05, 3.63) is 28.8 Å². The van der Waals surface area contributed by atoms with Crippen molar-refractivity contribution < 1.29 is 14.6 Å². The summed E-state index contributed by atoms with van der Waals surface area (Å²) in [4.78, 5) is 12.0. The summed E-state index contributed by atoms with van der Waals surface area (Å²) >= 11 is 5.83. The van der Waals surface area contributed by atoms with E-state index in [0.29, 0.717) is 22.8 Å². The highest BCUT2D eigenvalue weighted by molar-refractivity contribution is 6.30. The van der Waals surface area contributed by atoms with E-state index in [-0.39, 0.29) is 11.9 Å². The van der Waals surface area contributed by atoms with Crippen LogP contribution >= 0.6 is 11.6 Å². The third kappa shape index (κ3) is 4.20. The van der Waals surface area contributed by atoms with Crippen LogP contribution in [0.5, 0.6) is 5.75 Å². The monoisotopic (exact) mass is 271 g/mol. The van der Waals surface area contributed by atoms with E-state index in [4.69, 9.17) is 16.3 Å². The molecule has 0 aliphatic rings. The van der Waals surface area contributed by atoms with E-state index >= 15 is 0 Å². The first-order chi connectivity index (χ1) is 8.43. The molecule has 2 atom stereocenters. The second-order valence-corrected chi connectivity index (χ2v) is 4.74. The molecule has 0 radical (unpaired) electrons. The fourth-order valence-corrected chi connectivity index (χ4v) is 1.89. The maximum absolute atomic E-state index is 12.0. The van der Waals surface area contributed by atoms with Gasteiger partial charge in [0.05, 0.1) is 18.8 Å². The van der Waals surface area contributed by atoms with E-state index in [0.717, 1.165) is 0 Å². The van der Waals surface area contributed by atoms with Gasteiger partial charge in [0.1, 0.15) is 5.75 Å². The first-order valence-electron chi connectivity index (χ1n) is 5.76. The van der Waals surface area contributed by atoms with Crippen LogP contribution < -0.4 is 10.1 Å². The van der Waals surface area contributed by atoms with E-state index in [1.807, 2.05) is 6.92 Å². The van der Waals surface area contributed by atoms with Crippen molar-refractivity contribution in [1.29, 1.82) is 0 Å². The molecule has 0 bridgehead atoms. The van der Waals surface area contributed by atoms with E-state index in [1.165, 1.54) is 7.11 Å². The van der Waals surface area contributed by atoms with Crippen LogP contribution in [0, 0.1) is 0 Å². The quantitative estimate of drug-likeness (QED) is 0.863. The number of aliphatic hydroxyl groups excluding tert-OH is 1. The maximum atomic E-state index is 12.0. The molecule has 0 aromatic heterocycles. The van der Waals surface area contributed by atoms with Gasteiger partial charge < -0.3 is 15.2 Å². The van der Waals surface area contributed by atoms with Crippen molar-refractivity contribution in [3.63, 3.8) is 0 Å². The van der Waals surface area contributed by atoms with Crippen LogP contribution in [0.15, 0.2) is 18.2 Å². The molecule has 1 amide bonds. The van der Waals surface area contributed by atoms with Gasteiger partial charge in [0.15, 0.2) is 0 Å². The molecule has 18 heavy (non-hydrogen) atoms. The normalized spacial score (nSPS) is 13.8. The molecule has 5 heteroatoms. The minimum atomic E-state index is -0.451. The van der Waals surface area contributed by atoms with E-state index < -0.39 is 6.10 Å². The minimum Gasteiger partial charge on any atom is -0.496 e. The van der Waals surface area contributed by atoms with Crippen molar-refractivity contribution in [2.45, 2.75) is 32.4 Å². The molecule has 0 saturated carbocycles. The van der Waals surface area contributed by atoms with Gasteiger partial charge in [0, 0.05) is 11.1 Å². The Morgan fingerprint density at radius 1 is 1.50 bits per heavy atom. The number of aliphatic hydroxyl groups is 1. The van der Waals surface area contributed by atoms with Gasteiger partial charge in [-0.15, -0.1) is 0 Å². The molecule has 0 fully saturated rings. The Balaban J connectivity index is 2.78. The Bertz CT molecular complexity index is 421. The lowest BCUT2D eigenvalue weighted by Crippen LogP contribution is -2.34. The number of halogens is 1. The molecule has 0 aliphatic heterocycles.